The highest BCUT2D eigenvalue weighted by atomic mass is 16.3. The van der Waals surface area contributed by atoms with E-state index in [2.05, 4.69) is 5.32 Å². The van der Waals surface area contributed by atoms with Gasteiger partial charge in [0.05, 0.1) is 6.10 Å². The van der Waals surface area contributed by atoms with Gasteiger partial charge in [-0.3, -0.25) is 0 Å². The fourth-order valence-electron chi connectivity index (χ4n) is 2.14. The summed E-state index contributed by atoms with van der Waals surface area (Å²) in [5.41, 5.74) is 5.27. The van der Waals surface area contributed by atoms with Crippen molar-refractivity contribution in [2.45, 2.75) is 31.9 Å². The van der Waals surface area contributed by atoms with Gasteiger partial charge in [0.25, 0.3) is 0 Å². The molecular weight excluding hydrogens is 194 g/mol. The molecule has 5 nitrogen and oxygen atoms in total. The highest BCUT2D eigenvalue weighted by molar-refractivity contribution is 5.72. The minimum absolute atomic E-state index is 0.133. The van der Waals surface area contributed by atoms with Crippen LogP contribution in [-0.2, 0) is 0 Å². The summed E-state index contributed by atoms with van der Waals surface area (Å²) in [4.78, 5) is 12.7. The number of hydrogen-bond acceptors (Lipinski definition) is 3. The number of piperidine rings is 1. The van der Waals surface area contributed by atoms with Crippen LogP contribution >= 0.6 is 0 Å². The van der Waals surface area contributed by atoms with Crippen LogP contribution in [-0.4, -0.2) is 48.3 Å². The number of hydrogen-bond donors (Lipinski definition) is 3. The van der Waals surface area contributed by atoms with Crippen LogP contribution in [0.15, 0.2) is 0 Å². The average molecular weight is 215 g/mol. The molecule has 3 atom stereocenters. The van der Waals surface area contributed by atoms with Gasteiger partial charge in [-0.15, -0.1) is 0 Å². The average Bonchev–Trinajstić information content (AvgIpc) is 2.27. The van der Waals surface area contributed by atoms with Crippen molar-refractivity contribution >= 4 is 6.03 Å². The van der Waals surface area contributed by atoms with Crippen molar-refractivity contribution in [2.24, 2.45) is 11.7 Å². The largest absolute Gasteiger partial charge is 0.393 e. The molecule has 1 fully saturated rings. The van der Waals surface area contributed by atoms with Crippen LogP contribution in [0.1, 0.15) is 19.8 Å². The second-order valence-electron chi connectivity index (χ2n) is 4.20. The molecule has 3 unspecified atom stereocenters. The molecule has 1 saturated heterocycles. The van der Waals surface area contributed by atoms with Crippen LogP contribution in [0.3, 0.4) is 0 Å². The number of carbonyl (C=O) groups excluding carboxylic acids is 1. The molecule has 0 spiro atoms. The van der Waals surface area contributed by atoms with Gasteiger partial charge in [0.1, 0.15) is 0 Å². The van der Waals surface area contributed by atoms with Crippen LogP contribution in [0.4, 0.5) is 4.79 Å². The molecule has 88 valence electrons. The fraction of sp³-hybridized carbons (Fsp3) is 0.900. The van der Waals surface area contributed by atoms with Gasteiger partial charge in [-0.1, -0.05) is 6.92 Å². The third kappa shape index (κ3) is 3.07. The Morgan fingerprint density at radius 2 is 2.33 bits per heavy atom. The molecule has 1 heterocycles. The number of aliphatic hydroxyl groups excluding tert-OH is 1. The normalized spacial score (nSPS) is 28.9. The van der Waals surface area contributed by atoms with E-state index in [0.717, 1.165) is 6.42 Å². The van der Waals surface area contributed by atoms with Gasteiger partial charge < -0.3 is 21.1 Å². The third-order valence-electron chi connectivity index (χ3n) is 3.17. The highest BCUT2D eigenvalue weighted by Crippen LogP contribution is 2.21. The minimum atomic E-state index is -0.400. The molecule has 0 aromatic carbocycles. The summed E-state index contributed by atoms with van der Waals surface area (Å²) in [6.45, 7) is 3.16. The molecule has 0 aromatic rings. The first-order valence-electron chi connectivity index (χ1n) is 5.48. The maximum absolute atomic E-state index is 11.1. The van der Waals surface area contributed by atoms with Crippen molar-refractivity contribution in [3.8, 4) is 0 Å². The molecular formula is C10H21N3O2. The fourth-order valence-corrected chi connectivity index (χ4v) is 2.14. The van der Waals surface area contributed by atoms with Crippen molar-refractivity contribution < 1.29 is 9.90 Å². The molecule has 1 aliphatic rings. The molecule has 15 heavy (non-hydrogen) atoms. The number of urea groups is 1. The Morgan fingerprint density at radius 1 is 1.67 bits per heavy atom. The lowest BCUT2D eigenvalue weighted by Crippen LogP contribution is -2.54. The van der Waals surface area contributed by atoms with Crippen molar-refractivity contribution in [1.29, 1.82) is 0 Å². The summed E-state index contributed by atoms with van der Waals surface area (Å²) >= 11 is 0. The summed E-state index contributed by atoms with van der Waals surface area (Å²) in [5, 5.41) is 12.9. The van der Waals surface area contributed by atoms with Gasteiger partial charge in [-0.05, 0) is 19.9 Å². The van der Waals surface area contributed by atoms with Crippen LogP contribution in [0.5, 0.6) is 0 Å². The minimum Gasteiger partial charge on any atom is -0.393 e. The van der Waals surface area contributed by atoms with Gasteiger partial charge in [-0.2, -0.15) is 0 Å². The van der Waals surface area contributed by atoms with Crippen LogP contribution in [0.2, 0.25) is 0 Å². The zero-order valence-electron chi connectivity index (χ0n) is 9.44. The van der Waals surface area contributed by atoms with Gasteiger partial charge >= 0.3 is 6.03 Å². The van der Waals surface area contributed by atoms with E-state index in [-0.39, 0.29) is 18.1 Å². The maximum Gasteiger partial charge on any atom is 0.314 e. The van der Waals surface area contributed by atoms with Crippen molar-refractivity contribution in [3.05, 3.63) is 0 Å². The van der Waals surface area contributed by atoms with E-state index in [0.29, 0.717) is 19.5 Å². The second-order valence-corrected chi connectivity index (χ2v) is 4.20. The van der Waals surface area contributed by atoms with Crippen LogP contribution in [0, 0.1) is 5.92 Å². The Morgan fingerprint density at radius 3 is 2.80 bits per heavy atom. The first-order valence-corrected chi connectivity index (χ1v) is 5.48. The van der Waals surface area contributed by atoms with E-state index in [1.807, 2.05) is 14.0 Å². The lowest BCUT2D eigenvalue weighted by atomic mass is 9.88. The molecule has 2 amide bonds. The van der Waals surface area contributed by atoms with Gasteiger partial charge in [0.15, 0.2) is 0 Å². The SMILES string of the molecule is CCC(O)C1CC(NC)CN(C(N)=O)C1. The van der Waals surface area contributed by atoms with Crippen molar-refractivity contribution in [1.82, 2.24) is 10.2 Å². The standard InChI is InChI=1S/C10H21N3O2/c1-3-9(14)7-4-8(12-2)6-13(5-7)10(11)15/h7-9,12,14H,3-6H2,1-2H3,(H2,11,15). The van der Waals surface area contributed by atoms with E-state index >= 15 is 0 Å². The van der Waals surface area contributed by atoms with E-state index in [1.54, 1.807) is 4.90 Å². The molecule has 4 N–H and O–H groups in total. The molecule has 5 heteroatoms. The molecule has 0 aromatic heterocycles. The number of nitrogens with one attached hydrogen (secondary N) is 1. The Bertz CT molecular complexity index is 223. The Kier molecular flexibility index (Phi) is 4.35. The zero-order valence-corrected chi connectivity index (χ0v) is 9.44. The quantitative estimate of drug-likeness (QED) is 0.607. The Hall–Kier alpha value is -0.810. The van der Waals surface area contributed by atoms with Crippen molar-refractivity contribution in [2.75, 3.05) is 20.1 Å². The van der Waals surface area contributed by atoms with E-state index in [4.69, 9.17) is 5.73 Å². The maximum atomic E-state index is 11.1. The predicted octanol–water partition coefficient (Wildman–Crippen LogP) is -0.254. The molecule has 1 rings (SSSR count). The second kappa shape index (κ2) is 5.32. The zero-order chi connectivity index (χ0) is 11.4. The van der Waals surface area contributed by atoms with Crippen molar-refractivity contribution in [3.63, 3.8) is 0 Å². The summed E-state index contributed by atoms with van der Waals surface area (Å²) in [7, 11) is 1.87. The van der Waals surface area contributed by atoms with Gasteiger partial charge in [0.2, 0.25) is 0 Å². The summed E-state index contributed by atoms with van der Waals surface area (Å²) in [6, 6.07) is -0.166. The van der Waals surface area contributed by atoms with E-state index < -0.39 is 6.03 Å². The molecule has 1 aliphatic heterocycles. The number of aliphatic hydroxyl groups is 1. The van der Waals surface area contributed by atoms with Gasteiger partial charge in [0, 0.05) is 25.0 Å². The Balaban J connectivity index is 2.62. The number of rotatable bonds is 3. The number of likely N-dealkylation sites (N-methyl/N-ethyl adjacent to an activating group) is 1. The third-order valence-corrected chi connectivity index (χ3v) is 3.17. The number of likely N-dealkylation sites (tertiary alicyclic amines) is 1. The number of amides is 2. The lowest BCUT2D eigenvalue weighted by molar-refractivity contribution is 0.0499. The molecule has 0 saturated carbocycles. The molecule has 0 aliphatic carbocycles. The number of nitrogens with two attached hydrogens (primary N) is 1. The topological polar surface area (TPSA) is 78.6 Å². The Labute approximate surface area is 90.6 Å². The summed E-state index contributed by atoms with van der Waals surface area (Å²) in [5.74, 6) is 0.133. The number of nitrogens with zero attached hydrogens (tertiary/aromatic N) is 1. The first-order chi connectivity index (χ1) is 7.08. The summed E-state index contributed by atoms with van der Waals surface area (Å²) < 4.78 is 0. The predicted molar refractivity (Wildman–Crippen MR) is 58.4 cm³/mol. The lowest BCUT2D eigenvalue weighted by Gasteiger charge is -2.38. The molecule has 0 radical (unpaired) electrons. The van der Waals surface area contributed by atoms with Gasteiger partial charge in [-0.25, -0.2) is 4.79 Å². The highest BCUT2D eigenvalue weighted by Gasteiger charge is 2.31. The number of primary amides is 1. The van der Waals surface area contributed by atoms with E-state index in [9.17, 15) is 9.90 Å². The summed E-state index contributed by atoms with van der Waals surface area (Å²) in [6.07, 6.45) is 1.27. The molecule has 0 bridgehead atoms. The van der Waals surface area contributed by atoms with E-state index in [1.165, 1.54) is 0 Å². The monoisotopic (exact) mass is 215 g/mol. The first kappa shape index (κ1) is 12.3. The smallest absolute Gasteiger partial charge is 0.314 e. The number of carbonyl (C=O) groups is 1. The van der Waals surface area contributed by atoms with Crippen LogP contribution in [0.25, 0.3) is 0 Å². The van der Waals surface area contributed by atoms with Crippen LogP contribution < -0.4 is 11.1 Å².